The van der Waals surface area contributed by atoms with E-state index in [-0.39, 0.29) is 7.21 Å². The van der Waals surface area contributed by atoms with Crippen molar-refractivity contribution in [3.63, 3.8) is 0 Å². The van der Waals surface area contributed by atoms with Crippen LogP contribution in [0.1, 0.15) is 48.9 Å². The normalized spacial score (nSPS) is 9.17. The summed E-state index contributed by atoms with van der Waals surface area (Å²) in [6.45, 7) is 10.7. The summed E-state index contributed by atoms with van der Waals surface area (Å²) >= 11 is 0. The number of hydrogen-bond acceptors (Lipinski definition) is 2. The fourth-order valence-electron chi connectivity index (χ4n) is 0.443. The Bertz CT molecular complexity index is 105. The predicted octanol–water partition coefficient (Wildman–Crippen LogP) is 2.63. The molecule has 0 aromatic carbocycles. The Balaban J connectivity index is -0.000000220. The third-order valence-electron chi connectivity index (χ3n) is 1.10. The van der Waals surface area contributed by atoms with E-state index in [1.807, 2.05) is 20.8 Å². The number of nitrogens with one attached hydrogen (secondary N) is 1. The Morgan fingerprint density at radius 1 is 1.33 bits per heavy atom. The van der Waals surface area contributed by atoms with Gasteiger partial charge in [0, 0.05) is 13.9 Å². The smallest absolute Gasteiger partial charge is 0.146 e. The van der Waals surface area contributed by atoms with Crippen LogP contribution >= 0.6 is 0 Å². The lowest BCUT2D eigenvalue weighted by Gasteiger charge is -2.04. The van der Waals surface area contributed by atoms with Crippen LogP contribution in [0.3, 0.4) is 0 Å². The van der Waals surface area contributed by atoms with Crippen molar-refractivity contribution in [3.8, 4) is 0 Å². The molecule has 0 aliphatic carbocycles. The molecule has 0 saturated carbocycles. The van der Waals surface area contributed by atoms with Gasteiger partial charge in [0.05, 0.1) is 6.54 Å². The van der Waals surface area contributed by atoms with Gasteiger partial charge in [-0.2, -0.15) is 0 Å². The molecule has 0 aliphatic rings. The van der Waals surface area contributed by atoms with Gasteiger partial charge in [0.15, 0.2) is 0 Å². The highest BCUT2D eigenvalue weighted by molar-refractivity contribution is 5.80. The molecule has 0 aliphatic heterocycles. The lowest BCUT2D eigenvalue weighted by molar-refractivity contribution is -0.118. The molecule has 12 heavy (non-hydrogen) atoms. The second kappa shape index (κ2) is 10.6. The maximum atomic E-state index is 10.7. The van der Waals surface area contributed by atoms with Crippen molar-refractivity contribution in [2.24, 2.45) is 0 Å². The molecule has 0 saturated heterocycles. The van der Waals surface area contributed by atoms with Crippen LogP contribution in [0.25, 0.3) is 0 Å². The molecule has 0 radical (unpaired) electrons. The highest BCUT2D eigenvalue weighted by atomic mass is 16.1. The fourth-order valence-corrected chi connectivity index (χ4v) is 0.443. The van der Waals surface area contributed by atoms with Crippen molar-refractivity contribution in [2.75, 3.05) is 6.54 Å². The minimum atomic E-state index is 0. The average Bonchev–Trinajstić information content (AvgIpc) is 2.01. The summed E-state index contributed by atoms with van der Waals surface area (Å²) in [6.07, 6.45) is 1.89. The van der Waals surface area contributed by atoms with Gasteiger partial charge in [-0.25, -0.2) is 0 Å². The maximum absolute atomic E-state index is 10.7. The second-order valence-corrected chi connectivity index (χ2v) is 3.13. The maximum Gasteiger partial charge on any atom is 0.146 e. The topological polar surface area (TPSA) is 29.1 Å². The van der Waals surface area contributed by atoms with Gasteiger partial charge in [-0.15, -0.1) is 0 Å². The van der Waals surface area contributed by atoms with E-state index in [0.717, 1.165) is 0 Å². The van der Waals surface area contributed by atoms with Gasteiger partial charge in [-0.1, -0.05) is 41.0 Å². The first-order valence-electron chi connectivity index (χ1n) is 4.83. The van der Waals surface area contributed by atoms with E-state index in [1.165, 1.54) is 6.42 Å². The Hall–Kier alpha value is -0.370. The van der Waals surface area contributed by atoms with Crippen molar-refractivity contribution >= 4 is 5.78 Å². The lowest BCUT2D eigenvalue weighted by Crippen LogP contribution is -2.28. The highest BCUT2D eigenvalue weighted by Crippen LogP contribution is 1.80. The molecule has 2 heteroatoms. The third kappa shape index (κ3) is 16.3. The van der Waals surface area contributed by atoms with Gasteiger partial charge < -0.3 is 5.32 Å². The molecule has 0 spiro atoms. The summed E-state index contributed by atoms with van der Waals surface area (Å²) in [5.74, 6) is 0.281. The fraction of sp³-hybridized carbons (Fsp3) is 0.900. The van der Waals surface area contributed by atoms with E-state index >= 15 is 0 Å². The van der Waals surface area contributed by atoms with Crippen molar-refractivity contribution in [3.05, 3.63) is 0 Å². The molecule has 2 nitrogen and oxygen atoms in total. The quantitative estimate of drug-likeness (QED) is 0.711. The number of hydrogen-bond donors (Lipinski definition) is 1. The number of carbonyl (C=O) groups excluding carboxylic acids is 1. The molecule has 0 unspecified atom stereocenters. The standard InChI is InChI=1S/C7H15NO.C3H8.H2/c1-4-7(9)5-8-6(2)3;1-3-2;/h6,8H,4-5H2,1-3H3;3H2,1-2H3;1H. The van der Waals surface area contributed by atoms with Gasteiger partial charge in [0.25, 0.3) is 0 Å². The zero-order valence-electron chi connectivity index (χ0n) is 9.11. The molecular weight excluding hydrogens is 150 g/mol. The van der Waals surface area contributed by atoms with Gasteiger partial charge >= 0.3 is 0 Å². The molecule has 0 heterocycles. The first-order valence-corrected chi connectivity index (χ1v) is 4.83. The van der Waals surface area contributed by atoms with Crippen molar-refractivity contribution in [1.29, 1.82) is 0 Å². The summed E-state index contributed by atoms with van der Waals surface area (Å²) < 4.78 is 0. The molecular formula is C10H25NO. The van der Waals surface area contributed by atoms with E-state index in [0.29, 0.717) is 19.0 Å². The van der Waals surface area contributed by atoms with E-state index in [4.69, 9.17) is 0 Å². The van der Waals surface area contributed by atoms with Crippen LogP contribution in [0.15, 0.2) is 0 Å². The summed E-state index contributed by atoms with van der Waals surface area (Å²) in [4.78, 5) is 10.7. The van der Waals surface area contributed by atoms with E-state index in [9.17, 15) is 4.79 Å². The highest BCUT2D eigenvalue weighted by Gasteiger charge is 1.97. The second-order valence-electron chi connectivity index (χ2n) is 3.13. The molecule has 0 fully saturated rings. The van der Waals surface area contributed by atoms with Crippen LogP contribution in [-0.2, 0) is 4.79 Å². The minimum Gasteiger partial charge on any atom is -0.308 e. The van der Waals surface area contributed by atoms with Crippen molar-refractivity contribution in [2.45, 2.75) is 53.5 Å². The van der Waals surface area contributed by atoms with Crippen LogP contribution in [0.2, 0.25) is 0 Å². The zero-order chi connectivity index (χ0) is 9.98. The minimum absolute atomic E-state index is 0. The Labute approximate surface area is 78.2 Å². The van der Waals surface area contributed by atoms with Crippen LogP contribution in [0.4, 0.5) is 0 Å². The number of Topliss-reactive ketones (excluding diaryl/α,β-unsaturated/α-hetero) is 1. The van der Waals surface area contributed by atoms with Crippen LogP contribution in [-0.4, -0.2) is 18.4 Å². The van der Waals surface area contributed by atoms with Gasteiger partial charge in [0.2, 0.25) is 0 Å². The molecule has 1 N–H and O–H groups in total. The van der Waals surface area contributed by atoms with E-state index < -0.39 is 0 Å². The van der Waals surface area contributed by atoms with Crippen LogP contribution < -0.4 is 5.32 Å². The van der Waals surface area contributed by atoms with E-state index in [1.54, 1.807) is 0 Å². The SMILES string of the molecule is CCC.CCC(=O)CNC(C)C.[HH]. The zero-order valence-corrected chi connectivity index (χ0v) is 9.11. The number of carbonyl (C=O) groups is 1. The monoisotopic (exact) mass is 175 g/mol. The van der Waals surface area contributed by atoms with Gasteiger partial charge in [-0.3, -0.25) is 4.79 Å². The van der Waals surface area contributed by atoms with Gasteiger partial charge in [0.1, 0.15) is 5.78 Å². The van der Waals surface area contributed by atoms with Crippen LogP contribution in [0, 0.1) is 0 Å². The van der Waals surface area contributed by atoms with Crippen molar-refractivity contribution in [1.82, 2.24) is 5.32 Å². The summed E-state index contributed by atoms with van der Waals surface area (Å²) in [5, 5.41) is 3.05. The number of ketones is 1. The van der Waals surface area contributed by atoms with Crippen LogP contribution in [0.5, 0.6) is 0 Å². The molecule has 0 aromatic rings. The number of rotatable bonds is 4. The Kier molecular flexibility index (Phi) is 12.6. The van der Waals surface area contributed by atoms with E-state index in [2.05, 4.69) is 19.2 Å². The molecule has 0 rings (SSSR count). The average molecular weight is 175 g/mol. The largest absolute Gasteiger partial charge is 0.308 e. The molecule has 0 bridgehead atoms. The Morgan fingerprint density at radius 2 is 1.75 bits per heavy atom. The Morgan fingerprint density at radius 3 is 2.00 bits per heavy atom. The summed E-state index contributed by atoms with van der Waals surface area (Å²) in [5.41, 5.74) is 0. The summed E-state index contributed by atoms with van der Waals surface area (Å²) in [7, 11) is 0. The molecule has 76 valence electrons. The molecule has 0 amide bonds. The van der Waals surface area contributed by atoms with Crippen molar-refractivity contribution < 1.29 is 6.22 Å². The predicted molar refractivity (Wildman–Crippen MR) is 56.5 cm³/mol. The molecule has 0 aromatic heterocycles. The molecule has 0 atom stereocenters. The first kappa shape index (κ1) is 14.2. The third-order valence-corrected chi connectivity index (χ3v) is 1.10. The first-order chi connectivity index (χ1) is 5.58. The lowest BCUT2D eigenvalue weighted by atomic mass is 10.3. The van der Waals surface area contributed by atoms with Gasteiger partial charge in [-0.05, 0) is 0 Å². The summed E-state index contributed by atoms with van der Waals surface area (Å²) in [6, 6.07) is 0.417.